The van der Waals surface area contributed by atoms with E-state index in [-0.39, 0.29) is 5.78 Å². The molecule has 3 nitrogen and oxygen atoms in total. The lowest BCUT2D eigenvalue weighted by molar-refractivity contribution is -0.124. The van der Waals surface area contributed by atoms with Crippen molar-refractivity contribution in [1.82, 2.24) is 4.90 Å². The zero-order chi connectivity index (χ0) is 9.90. The fourth-order valence-electron chi connectivity index (χ4n) is 1.52. The minimum absolute atomic E-state index is 0.148. The maximum atomic E-state index is 11.6. The van der Waals surface area contributed by atoms with Crippen molar-refractivity contribution in [3.63, 3.8) is 0 Å². The van der Waals surface area contributed by atoms with Gasteiger partial charge >= 0.3 is 0 Å². The fourth-order valence-corrected chi connectivity index (χ4v) is 1.52. The van der Waals surface area contributed by atoms with E-state index in [1.807, 2.05) is 0 Å². The van der Waals surface area contributed by atoms with E-state index in [9.17, 15) is 4.79 Å². The Kier molecular flexibility index (Phi) is 3.45. The van der Waals surface area contributed by atoms with Crippen LogP contribution in [0, 0.1) is 0 Å². The van der Waals surface area contributed by atoms with Crippen LogP contribution in [0.2, 0.25) is 0 Å². The zero-order valence-electron chi connectivity index (χ0n) is 8.68. The average molecular weight is 184 g/mol. The van der Waals surface area contributed by atoms with Crippen LogP contribution in [-0.4, -0.2) is 35.9 Å². The van der Waals surface area contributed by atoms with Gasteiger partial charge in [-0.05, 0) is 39.8 Å². The number of piperidine rings is 1. The van der Waals surface area contributed by atoms with Gasteiger partial charge in [0.25, 0.3) is 0 Å². The average Bonchev–Trinajstić information content (AvgIpc) is 2.04. The minimum Gasteiger partial charge on any atom is -0.319 e. The van der Waals surface area contributed by atoms with E-state index in [0.29, 0.717) is 6.54 Å². The summed E-state index contributed by atoms with van der Waals surface area (Å²) >= 11 is 0. The Hall–Kier alpha value is -0.410. The van der Waals surface area contributed by atoms with Crippen LogP contribution in [0.15, 0.2) is 0 Å². The molecule has 0 aromatic rings. The third-order valence-corrected chi connectivity index (χ3v) is 2.53. The van der Waals surface area contributed by atoms with Crippen LogP contribution >= 0.6 is 0 Å². The summed E-state index contributed by atoms with van der Waals surface area (Å²) < 4.78 is 0. The summed E-state index contributed by atoms with van der Waals surface area (Å²) in [7, 11) is 0. The van der Waals surface area contributed by atoms with Crippen LogP contribution in [0.5, 0.6) is 0 Å². The molecule has 0 radical (unpaired) electrons. The van der Waals surface area contributed by atoms with Crippen LogP contribution < -0.4 is 5.73 Å². The van der Waals surface area contributed by atoms with Crippen LogP contribution in [0.1, 0.15) is 33.1 Å². The molecular weight excluding hydrogens is 164 g/mol. The van der Waals surface area contributed by atoms with Crippen molar-refractivity contribution >= 4 is 5.78 Å². The molecule has 1 saturated heterocycles. The molecule has 13 heavy (non-hydrogen) atoms. The summed E-state index contributed by atoms with van der Waals surface area (Å²) in [6.45, 7) is 6.20. The Morgan fingerprint density at radius 3 is 2.31 bits per heavy atom. The molecule has 0 unspecified atom stereocenters. The first-order valence-corrected chi connectivity index (χ1v) is 5.05. The Balaban J connectivity index is 2.35. The van der Waals surface area contributed by atoms with E-state index in [1.165, 1.54) is 19.3 Å². The second-order valence-corrected chi connectivity index (χ2v) is 4.48. The fraction of sp³-hybridized carbons (Fsp3) is 0.900. The van der Waals surface area contributed by atoms with Crippen molar-refractivity contribution in [1.29, 1.82) is 0 Å². The SMILES string of the molecule is CC(C)(N)C(=O)CN1CCCCC1. The Bertz CT molecular complexity index is 178. The van der Waals surface area contributed by atoms with Gasteiger partial charge in [-0.25, -0.2) is 0 Å². The molecule has 0 aromatic heterocycles. The highest BCUT2D eigenvalue weighted by Gasteiger charge is 2.24. The number of nitrogens with two attached hydrogens (primary N) is 1. The normalized spacial score (nSPS) is 20.2. The molecule has 0 aromatic carbocycles. The Labute approximate surface area is 80.3 Å². The molecule has 1 heterocycles. The van der Waals surface area contributed by atoms with Gasteiger partial charge in [0, 0.05) is 0 Å². The monoisotopic (exact) mass is 184 g/mol. The number of ketones is 1. The molecule has 1 aliphatic heterocycles. The van der Waals surface area contributed by atoms with Crippen molar-refractivity contribution in [3.05, 3.63) is 0 Å². The highest BCUT2D eigenvalue weighted by atomic mass is 16.1. The predicted molar refractivity (Wildman–Crippen MR) is 53.6 cm³/mol. The molecule has 0 aliphatic carbocycles. The van der Waals surface area contributed by atoms with E-state index in [1.54, 1.807) is 13.8 Å². The molecule has 3 heteroatoms. The molecule has 1 fully saturated rings. The molecule has 2 N–H and O–H groups in total. The third-order valence-electron chi connectivity index (χ3n) is 2.53. The lowest BCUT2D eigenvalue weighted by Crippen LogP contribution is -2.48. The summed E-state index contributed by atoms with van der Waals surface area (Å²) in [6.07, 6.45) is 3.74. The van der Waals surface area contributed by atoms with Crippen LogP contribution in [-0.2, 0) is 4.79 Å². The molecule has 1 rings (SSSR count). The van der Waals surface area contributed by atoms with Crippen LogP contribution in [0.25, 0.3) is 0 Å². The number of carbonyl (C=O) groups excluding carboxylic acids is 1. The Morgan fingerprint density at radius 1 is 1.31 bits per heavy atom. The highest BCUT2D eigenvalue weighted by molar-refractivity contribution is 5.89. The lowest BCUT2D eigenvalue weighted by atomic mass is 9.99. The molecule has 0 saturated carbocycles. The van der Waals surface area contributed by atoms with Gasteiger partial charge in [-0.15, -0.1) is 0 Å². The van der Waals surface area contributed by atoms with Crippen LogP contribution in [0.4, 0.5) is 0 Å². The van der Waals surface area contributed by atoms with Crippen molar-refractivity contribution < 1.29 is 4.79 Å². The maximum absolute atomic E-state index is 11.6. The lowest BCUT2D eigenvalue weighted by Gasteiger charge is -2.28. The molecule has 0 atom stereocenters. The van der Waals surface area contributed by atoms with Gasteiger partial charge in [-0.3, -0.25) is 9.69 Å². The van der Waals surface area contributed by atoms with Gasteiger partial charge in [-0.1, -0.05) is 6.42 Å². The summed E-state index contributed by atoms with van der Waals surface area (Å²) in [5.74, 6) is 0.148. The van der Waals surface area contributed by atoms with Crippen molar-refractivity contribution in [3.8, 4) is 0 Å². The predicted octanol–water partition coefficient (Wildman–Crippen LogP) is 0.779. The van der Waals surface area contributed by atoms with Crippen LogP contribution in [0.3, 0.4) is 0 Å². The minimum atomic E-state index is -0.669. The maximum Gasteiger partial charge on any atom is 0.165 e. The molecule has 76 valence electrons. The number of hydrogen-bond acceptors (Lipinski definition) is 3. The summed E-state index contributed by atoms with van der Waals surface area (Å²) in [6, 6.07) is 0. The number of rotatable bonds is 3. The van der Waals surface area contributed by atoms with E-state index < -0.39 is 5.54 Å². The van der Waals surface area contributed by atoms with E-state index in [2.05, 4.69) is 4.90 Å². The zero-order valence-corrected chi connectivity index (χ0v) is 8.68. The summed E-state index contributed by atoms with van der Waals surface area (Å²) in [5.41, 5.74) is 5.05. The van der Waals surface area contributed by atoms with Gasteiger partial charge in [0.05, 0.1) is 12.1 Å². The molecule has 1 aliphatic rings. The largest absolute Gasteiger partial charge is 0.319 e. The number of Topliss-reactive ketones (excluding diaryl/α,β-unsaturated/α-hetero) is 1. The van der Waals surface area contributed by atoms with Crippen molar-refractivity contribution in [2.45, 2.75) is 38.6 Å². The number of likely N-dealkylation sites (tertiary alicyclic amines) is 1. The first kappa shape index (κ1) is 10.7. The summed E-state index contributed by atoms with van der Waals surface area (Å²) in [4.78, 5) is 13.8. The number of nitrogens with zero attached hydrogens (tertiary/aromatic N) is 1. The number of carbonyl (C=O) groups is 1. The first-order chi connectivity index (χ1) is 6.00. The number of hydrogen-bond donors (Lipinski definition) is 1. The van der Waals surface area contributed by atoms with E-state index in [4.69, 9.17) is 5.73 Å². The van der Waals surface area contributed by atoms with Gasteiger partial charge in [0.15, 0.2) is 5.78 Å². The standard InChI is InChI=1S/C10H20N2O/c1-10(2,11)9(13)8-12-6-4-3-5-7-12/h3-8,11H2,1-2H3. The first-order valence-electron chi connectivity index (χ1n) is 5.05. The van der Waals surface area contributed by atoms with Crippen molar-refractivity contribution in [2.24, 2.45) is 5.73 Å². The van der Waals surface area contributed by atoms with E-state index in [0.717, 1.165) is 13.1 Å². The molecule has 0 bridgehead atoms. The highest BCUT2D eigenvalue weighted by Crippen LogP contribution is 2.10. The second kappa shape index (κ2) is 4.20. The van der Waals surface area contributed by atoms with Gasteiger partial charge in [0.1, 0.15) is 0 Å². The molecular formula is C10H20N2O. The van der Waals surface area contributed by atoms with E-state index >= 15 is 0 Å². The molecule has 0 amide bonds. The smallest absolute Gasteiger partial charge is 0.165 e. The van der Waals surface area contributed by atoms with Gasteiger partial charge in [0.2, 0.25) is 0 Å². The molecule has 0 spiro atoms. The quantitative estimate of drug-likeness (QED) is 0.705. The summed E-state index contributed by atoms with van der Waals surface area (Å²) in [5, 5.41) is 0. The Morgan fingerprint density at radius 2 is 1.85 bits per heavy atom. The van der Waals surface area contributed by atoms with Crippen molar-refractivity contribution in [2.75, 3.05) is 19.6 Å². The van der Waals surface area contributed by atoms with Gasteiger partial charge < -0.3 is 5.73 Å². The second-order valence-electron chi connectivity index (χ2n) is 4.48. The van der Waals surface area contributed by atoms with Gasteiger partial charge in [-0.2, -0.15) is 0 Å². The third kappa shape index (κ3) is 3.44. The topological polar surface area (TPSA) is 46.3 Å².